The van der Waals surface area contributed by atoms with E-state index in [-0.39, 0.29) is 11.3 Å². The number of methoxy groups -OCH3 is 1. The number of hydrogen-bond donors (Lipinski definition) is 3. The standard InChI is InChI=1S/C10H9NO7/c1-17-5-2-3-6(9(13)14)7(4-5)18-11-8(12)10(15)16/h2-4H,1H3,(H,11,12)(H,13,14)(H,15,16). The third-order valence-corrected chi connectivity index (χ3v) is 1.87. The Morgan fingerprint density at radius 2 is 1.89 bits per heavy atom. The van der Waals surface area contributed by atoms with Gasteiger partial charge in [-0.1, -0.05) is 0 Å². The molecule has 1 rings (SSSR count). The SMILES string of the molecule is COc1ccc(C(=O)O)c(ONC(=O)C(=O)O)c1. The summed E-state index contributed by atoms with van der Waals surface area (Å²) in [5, 5.41) is 17.2. The summed E-state index contributed by atoms with van der Waals surface area (Å²) in [5.41, 5.74) is 1.34. The van der Waals surface area contributed by atoms with Gasteiger partial charge >= 0.3 is 17.8 Å². The van der Waals surface area contributed by atoms with Crippen molar-refractivity contribution < 1.29 is 34.2 Å². The van der Waals surface area contributed by atoms with Crippen molar-refractivity contribution in [1.82, 2.24) is 5.48 Å². The lowest BCUT2D eigenvalue weighted by Gasteiger charge is -2.09. The molecule has 0 atom stereocenters. The van der Waals surface area contributed by atoms with Crippen LogP contribution in [0.5, 0.6) is 11.5 Å². The maximum absolute atomic E-state index is 10.9. The van der Waals surface area contributed by atoms with Crippen LogP contribution in [0.3, 0.4) is 0 Å². The van der Waals surface area contributed by atoms with E-state index in [0.29, 0.717) is 5.75 Å². The van der Waals surface area contributed by atoms with Crippen molar-refractivity contribution in [1.29, 1.82) is 0 Å². The molecular formula is C10H9NO7. The maximum Gasteiger partial charge on any atom is 0.397 e. The van der Waals surface area contributed by atoms with Crippen LogP contribution in [-0.4, -0.2) is 35.2 Å². The average Bonchev–Trinajstić information content (AvgIpc) is 2.34. The van der Waals surface area contributed by atoms with Crippen LogP contribution in [0, 0.1) is 0 Å². The smallest absolute Gasteiger partial charge is 0.397 e. The van der Waals surface area contributed by atoms with E-state index in [1.54, 1.807) is 5.48 Å². The fourth-order valence-electron chi connectivity index (χ4n) is 1.04. The van der Waals surface area contributed by atoms with E-state index in [1.807, 2.05) is 0 Å². The maximum atomic E-state index is 10.9. The van der Waals surface area contributed by atoms with Crippen molar-refractivity contribution in [2.45, 2.75) is 0 Å². The lowest BCUT2D eigenvalue weighted by atomic mass is 10.2. The van der Waals surface area contributed by atoms with Crippen molar-refractivity contribution in [3.05, 3.63) is 23.8 Å². The summed E-state index contributed by atoms with van der Waals surface area (Å²) >= 11 is 0. The van der Waals surface area contributed by atoms with Crippen molar-refractivity contribution in [3.8, 4) is 11.5 Å². The number of aliphatic carboxylic acids is 1. The van der Waals surface area contributed by atoms with Gasteiger partial charge in [-0.25, -0.2) is 9.59 Å². The fraction of sp³-hybridized carbons (Fsp3) is 0.100. The highest BCUT2D eigenvalue weighted by atomic mass is 16.7. The summed E-state index contributed by atoms with van der Waals surface area (Å²) in [4.78, 5) is 36.4. The number of carbonyl (C=O) groups is 3. The number of aromatic carboxylic acids is 1. The molecule has 0 aromatic heterocycles. The van der Waals surface area contributed by atoms with Crippen LogP contribution in [0.4, 0.5) is 0 Å². The predicted molar refractivity (Wildman–Crippen MR) is 56.4 cm³/mol. The van der Waals surface area contributed by atoms with Crippen LogP contribution in [0.2, 0.25) is 0 Å². The van der Waals surface area contributed by atoms with Crippen LogP contribution < -0.4 is 15.1 Å². The molecule has 8 nitrogen and oxygen atoms in total. The number of carboxylic acid groups (broad SMARTS) is 2. The topological polar surface area (TPSA) is 122 Å². The molecule has 0 aliphatic carbocycles. The first-order chi connectivity index (χ1) is 8.45. The number of ether oxygens (including phenoxy) is 1. The second kappa shape index (κ2) is 5.53. The van der Waals surface area contributed by atoms with Gasteiger partial charge in [-0.15, -0.1) is 0 Å². The number of rotatable bonds is 4. The average molecular weight is 255 g/mol. The predicted octanol–water partition coefficient (Wildman–Crippen LogP) is -0.112. The Balaban J connectivity index is 2.94. The molecule has 0 aliphatic heterocycles. The van der Waals surface area contributed by atoms with Gasteiger partial charge in [-0.2, -0.15) is 5.48 Å². The Morgan fingerprint density at radius 1 is 1.22 bits per heavy atom. The molecule has 96 valence electrons. The largest absolute Gasteiger partial charge is 0.497 e. The summed E-state index contributed by atoms with van der Waals surface area (Å²) in [6.07, 6.45) is 0. The normalized spacial score (nSPS) is 9.39. The Morgan fingerprint density at radius 3 is 2.39 bits per heavy atom. The number of amides is 1. The summed E-state index contributed by atoms with van der Waals surface area (Å²) in [7, 11) is 1.36. The molecule has 0 fully saturated rings. The third kappa shape index (κ3) is 3.11. The van der Waals surface area contributed by atoms with Crippen LogP contribution in [-0.2, 0) is 9.59 Å². The van der Waals surface area contributed by atoms with E-state index in [0.717, 1.165) is 0 Å². The van der Waals surface area contributed by atoms with Crippen molar-refractivity contribution in [2.24, 2.45) is 0 Å². The Labute approximate surface area is 101 Å². The van der Waals surface area contributed by atoms with Gasteiger partial charge in [0.25, 0.3) is 0 Å². The number of nitrogens with one attached hydrogen (secondary N) is 1. The molecule has 0 heterocycles. The molecule has 8 heteroatoms. The lowest BCUT2D eigenvalue weighted by Crippen LogP contribution is -2.33. The van der Waals surface area contributed by atoms with Gasteiger partial charge in [0.15, 0.2) is 5.75 Å². The van der Waals surface area contributed by atoms with E-state index in [9.17, 15) is 14.4 Å². The molecule has 1 aromatic carbocycles. The van der Waals surface area contributed by atoms with Crippen LogP contribution in [0.15, 0.2) is 18.2 Å². The highest BCUT2D eigenvalue weighted by Gasteiger charge is 2.16. The van der Waals surface area contributed by atoms with Gasteiger partial charge in [-0.3, -0.25) is 4.79 Å². The molecule has 0 saturated heterocycles. The Hall–Kier alpha value is -2.77. The number of carbonyl (C=O) groups excluding carboxylic acids is 1. The van der Waals surface area contributed by atoms with Gasteiger partial charge in [0.2, 0.25) is 0 Å². The van der Waals surface area contributed by atoms with E-state index >= 15 is 0 Å². The molecule has 0 spiro atoms. The van der Waals surface area contributed by atoms with Crippen molar-refractivity contribution in [2.75, 3.05) is 7.11 Å². The minimum Gasteiger partial charge on any atom is -0.497 e. The summed E-state index contributed by atoms with van der Waals surface area (Å²) in [6.45, 7) is 0. The second-order valence-electron chi connectivity index (χ2n) is 3.01. The highest BCUT2D eigenvalue weighted by Crippen LogP contribution is 2.24. The van der Waals surface area contributed by atoms with Crippen molar-refractivity contribution in [3.63, 3.8) is 0 Å². The van der Waals surface area contributed by atoms with E-state index in [4.69, 9.17) is 14.9 Å². The van der Waals surface area contributed by atoms with Gasteiger partial charge in [0, 0.05) is 6.07 Å². The fourth-order valence-corrected chi connectivity index (χ4v) is 1.04. The first kappa shape index (κ1) is 13.3. The molecule has 0 radical (unpaired) electrons. The van der Waals surface area contributed by atoms with Gasteiger partial charge < -0.3 is 19.8 Å². The number of benzene rings is 1. The number of carboxylic acids is 2. The van der Waals surface area contributed by atoms with Crippen LogP contribution >= 0.6 is 0 Å². The Bertz CT molecular complexity index is 497. The summed E-state index contributed by atoms with van der Waals surface area (Å²) < 4.78 is 4.84. The first-order valence-corrected chi connectivity index (χ1v) is 4.57. The number of hydrogen-bond acceptors (Lipinski definition) is 5. The molecule has 0 aliphatic rings. The molecule has 0 unspecified atom stereocenters. The highest BCUT2D eigenvalue weighted by molar-refractivity contribution is 6.31. The minimum atomic E-state index is -1.75. The third-order valence-electron chi connectivity index (χ3n) is 1.87. The second-order valence-corrected chi connectivity index (χ2v) is 3.01. The van der Waals surface area contributed by atoms with Crippen LogP contribution in [0.25, 0.3) is 0 Å². The van der Waals surface area contributed by atoms with E-state index in [2.05, 4.69) is 4.84 Å². The van der Waals surface area contributed by atoms with Gasteiger partial charge in [-0.05, 0) is 12.1 Å². The molecule has 3 N–H and O–H groups in total. The molecule has 1 amide bonds. The molecule has 0 bridgehead atoms. The molecule has 1 aromatic rings. The van der Waals surface area contributed by atoms with Crippen LogP contribution in [0.1, 0.15) is 10.4 Å². The van der Waals surface area contributed by atoms with Crippen molar-refractivity contribution >= 4 is 17.8 Å². The van der Waals surface area contributed by atoms with E-state index in [1.165, 1.54) is 25.3 Å². The zero-order chi connectivity index (χ0) is 13.7. The first-order valence-electron chi connectivity index (χ1n) is 4.57. The zero-order valence-corrected chi connectivity index (χ0v) is 9.17. The van der Waals surface area contributed by atoms with E-state index < -0.39 is 17.8 Å². The molecule has 18 heavy (non-hydrogen) atoms. The zero-order valence-electron chi connectivity index (χ0n) is 9.17. The summed E-state index contributed by atoms with van der Waals surface area (Å²) in [5.74, 6) is -4.42. The minimum absolute atomic E-state index is 0.239. The van der Waals surface area contributed by atoms with Gasteiger partial charge in [0.1, 0.15) is 11.3 Å². The lowest BCUT2D eigenvalue weighted by molar-refractivity contribution is -0.153. The Kier molecular flexibility index (Phi) is 4.08. The molecule has 0 saturated carbocycles. The monoisotopic (exact) mass is 255 g/mol. The molecular weight excluding hydrogens is 246 g/mol. The quantitative estimate of drug-likeness (QED) is 0.506. The number of hydroxylamine groups is 1. The van der Waals surface area contributed by atoms with Gasteiger partial charge in [0.05, 0.1) is 7.11 Å². The summed E-state index contributed by atoms with van der Waals surface area (Å²) in [6, 6.07) is 3.78.